The third-order valence-corrected chi connectivity index (χ3v) is 4.42. The molecule has 0 saturated heterocycles. The number of ether oxygens (including phenoxy) is 2. The van der Waals surface area contributed by atoms with Crippen LogP contribution in [-0.2, 0) is 0 Å². The van der Waals surface area contributed by atoms with Crippen molar-refractivity contribution in [2.45, 2.75) is 11.8 Å². The summed E-state index contributed by atoms with van der Waals surface area (Å²) < 4.78 is 25.8. The first-order valence-electron chi connectivity index (χ1n) is 6.64. The standard InChI is InChI=1S/C16H13BrClFO2/c17-12-4-1-3-11(16(12)19)15(18)10-5-6-13-14(9-10)21-8-2-7-20-13/h1,3-6,9,15H,2,7-8H2. The Morgan fingerprint density at radius 1 is 1.10 bits per heavy atom. The summed E-state index contributed by atoms with van der Waals surface area (Å²) in [5.41, 5.74) is 1.21. The Morgan fingerprint density at radius 3 is 2.67 bits per heavy atom. The van der Waals surface area contributed by atoms with Gasteiger partial charge < -0.3 is 9.47 Å². The van der Waals surface area contributed by atoms with Crippen molar-refractivity contribution in [2.75, 3.05) is 13.2 Å². The Bertz CT molecular complexity index is 663. The molecule has 0 fully saturated rings. The van der Waals surface area contributed by atoms with Crippen molar-refractivity contribution in [1.82, 2.24) is 0 Å². The van der Waals surface area contributed by atoms with Crippen LogP contribution >= 0.6 is 27.5 Å². The molecule has 0 saturated carbocycles. The molecule has 0 amide bonds. The van der Waals surface area contributed by atoms with Crippen molar-refractivity contribution in [2.24, 2.45) is 0 Å². The minimum atomic E-state index is -0.584. The molecule has 0 N–H and O–H groups in total. The lowest BCUT2D eigenvalue weighted by Crippen LogP contribution is -1.99. The van der Waals surface area contributed by atoms with E-state index in [0.29, 0.717) is 34.7 Å². The van der Waals surface area contributed by atoms with E-state index in [4.69, 9.17) is 21.1 Å². The first-order chi connectivity index (χ1) is 10.2. The summed E-state index contributed by atoms with van der Waals surface area (Å²) in [6.45, 7) is 1.24. The van der Waals surface area contributed by atoms with Gasteiger partial charge in [0.25, 0.3) is 0 Å². The molecule has 1 aliphatic rings. The molecule has 0 aromatic heterocycles. The summed E-state index contributed by atoms with van der Waals surface area (Å²) in [5, 5.41) is -0.584. The molecule has 0 radical (unpaired) electrons. The molecule has 1 unspecified atom stereocenters. The monoisotopic (exact) mass is 370 g/mol. The first kappa shape index (κ1) is 14.7. The van der Waals surface area contributed by atoms with Crippen LogP contribution in [0.5, 0.6) is 11.5 Å². The number of halogens is 3. The fourth-order valence-electron chi connectivity index (χ4n) is 2.23. The van der Waals surface area contributed by atoms with Crippen LogP contribution in [0.1, 0.15) is 22.9 Å². The Morgan fingerprint density at radius 2 is 1.86 bits per heavy atom. The van der Waals surface area contributed by atoms with Crippen LogP contribution in [0, 0.1) is 5.82 Å². The van der Waals surface area contributed by atoms with Crippen LogP contribution in [-0.4, -0.2) is 13.2 Å². The van der Waals surface area contributed by atoms with E-state index < -0.39 is 5.38 Å². The van der Waals surface area contributed by atoms with E-state index >= 15 is 0 Å². The zero-order chi connectivity index (χ0) is 14.8. The van der Waals surface area contributed by atoms with Crippen LogP contribution in [0.15, 0.2) is 40.9 Å². The molecule has 0 spiro atoms. The number of hydrogen-bond donors (Lipinski definition) is 0. The SMILES string of the molecule is Fc1c(Br)cccc1C(Cl)c1ccc2c(c1)OCCCO2. The second kappa shape index (κ2) is 6.24. The molecule has 5 heteroatoms. The first-order valence-corrected chi connectivity index (χ1v) is 7.87. The summed E-state index contributed by atoms with van der Waals surface area (Å²) in [7, 11) is 0. The Kier molecular flexibility index (Phi) is 4.36. The van der Waals surface area contributed by atoms with E-state index in [1.165, 1.54) is 0 Å². The van der Waals surface area contributed by atoms with Crippen molar-refractivity contribution in [3.63, 3.8) is 0 Å². The Hall–Kier alpha value is -1.26. The maximum Gasteiger partial charge on any atom is 0.161 e. The molecule has 2 aromatic rings. The fourth-order valence-corrected chi connectivity index (χ4v) is 2.92. The summed E-state index contributed by atoms with van der Waals surface area (Å²) in [6, 6.07) is 10.6. The predicted molar refractivity (Wildman–Crippen MR) is 83.8 cm³/mol. The highest BCUT2D eigenvalue weighted by molar-refractivity contribution is 9.10. The predicted octanol–water partition coefficient (Wildman–Crippen LogP) is 5.08. The average molecular weight is 372 g/mol. The molecule has 0 bridgehead atoms. The maximum atomic E-state index is 14.2. The van der Waals surface area contributed by atoms with Gasteiger partial charge in [-0.15, -0.1) is 11.6 Å². The second-order valence-electron chi connectivity index (χ2n) is 4.76. The van der Waals surface area contributed by atoms with Gasteiger partial charge in [-0.3, -0.25) is 0 Å². The van der Waals surface area contributed by atoms with Gasteiger partial charge in [0.15, 0.2) is 11.5 Å². The van der Waals surface area contributed by atoms with Crippen molar-refractivity contribution in [3.05, 3.63) is 57.8 Å². The zero-order valence-corrected chi connectivity index (χ0v) is 13.5. The normalized spacial score (nSPS) is 15.4. The molecule has 1 atom stereocenters. The van der Waals surface area contributed by atoms with Gasteiger partial charge >= 0.3 is 0 Å². The fraction of sp³-hybridized carbons (Fsp3) is 0.250. The van der Waals surface area contributed by atoms with Gasteiger partial charge in [-0.25, -0.2) is 4.39 Å². The van der Waals surface area contributed by atoms with E-state index in [0.717, 1.165) is 12.0 Å². The van der Waals surface area contributed by atoms with Gasteiger partial charge in [-0.1, -0.05) is 18.2 Å². The van der Waals surface area contributed by atoms with E-state index in [2.05, 4.69) is 15.9 Å². The highest BCUT2D eigenvalue weighted by atomic mass is 79.9. The molecule has 1 heterocycles. The molecule has 2 aromatic carbocycles. The molecule has 0 aliphatic carbocycles. The number of alkyl halides is 1. The molecular formula is C16H13BrClFO2. The Balaban J connectivity index is 1.96. The van der Waals surface area contributed by atoms with E-state index in [1.54, 1.807) is 18.2 Å². The zero-order valence-electron chi connectivity index (χ0n) is 11.1. The quantitative estimate of drug-likeness (QED) is 0.686. The van der Waals surface area contributed by atoms with Crippen molar-refractivity contribution < 1.29 is 13.9 Å². The van der Waals surface area contributed by atoms with Crippen LogP contribution in [0.4, 0.5) is 4.39 Å². The number of fused-ring (bicyclic) bond motifs is 1. The van der Waals surface area contributed by atoms with Gasteiger partial charge in [0.05, 0.1) is 23.1 Å². The van der Waals surface area contributed by atoms with Crippen LogP contribution in [0.3, 0.4) is 0 Å². The third kappa shape index (κ3) is 3.01. The molecule has 21 heavy (non-hydrogen) atoms. The second-order valence-corrected chi connectivity index (χ2v) is 6.05. The van der Waals surface area contributed by atoms with Crippen LogP contribution in [0.25, 0.3) is 0 Å². The van der Waals surface area contributed by atoms with Crippen LogP contribution in [0.2, 0.25) is 0 Å². The van der Waals surface area contributed by atoms with Crippen LogP contribution < -0.4 is 9.47 Å². The lowest BCUT2D eigenvalue weighted by atomic mass is 10.0. The lowest BCUT2D eigenvalue weighted by Gasteiger charge is -2.15. The largest absolute Gasteiger partial charge is 0.490 e. The third-order valence-electron chi connectivity index (χ3n) is 3.32. The highest BCUT2D eigenvalue weighted by Crippen LogP contribution is 2.38. The summed E-state index contributed by atoms with van der Waals surface area (Å²) in [5.74, 6) is 1.02. The van der Waals surface area contributed by atoms with E-state index in [-0.39, 0.29) is 5.82 Å². The molecule has 1 aliphatic heterocycles. The molecule has 2 nitrogen and oxygen atoms in total. The van der Waals surface area contributed by atoms with Crippen molar-refractivity contribution in [3.8, 4) is 11.5 Å². The smallest absolute Gasteiger partial charge is 0.161 e. The van der Waals surface area contributed by atoms with Gasteiger partial charge in [0.2, 0.25) is 0 Å². The van der Waals surface area contributed by atoms with Crippen molar-refractivity contribution in [1.29, 1.82) is 0 Å². The van der Waals surface area contributed by atoms with E-state index in [9.17, 15) is 4.39 Å². The van der Waals surface area contributed by atoms with Gasteiger partial charge in [-0.2, -0.15) is 0 Å². The minimum absolute atomic E-state index is 0.343. The Labute approximate surface area is 136 Å². The number of hydrogen-bond acceptors (Lipinski definition) is 2. The average Bonchev–Trinajstić information content (AvgIpc) is 2.74. The summed E-state index contributed by atoms with van der Waals surface area (Å²) in [6.07, 6.45) is 0.842. The molecule has 3 rings (SSSR count). The topological polar surface area (TPSA) is 18.5 Å². The minimum Gasteiger partial charge on any atom is -0.490 e. The van der Waals surface area contributed by atoms with Gasteiger partial charge in [-0.05, 0) is 39.7 Å². The lowest BCUT2D eigenvalue weighted by molar-refractivity contribution is 0.297. The maximum absolute atomic E-state index is 14.2. The number of benzene rings is 2. The van der Waals surface area contributed by atoms with E-state index in [1.807, 2.05) is 18.2 Å². The number of rotatable bonds is 2. The van der Waals surface area contributed by atoms with Gasteiger partial charge in [0.1, 0.15) is 5.82 Å². The summed E-state index contributed by atoms with van der Waals surface area (Å²) >= 11 is 9.61. The highest BCUT2D eigenvalue weighted by Gasteiger charge is 2.19. The van der Waals surface area contributed by atoms with Gasteiger partial charge in [0, 0.05) is 12.0 Å². The summed E-state index contributed by atoms with van der Waals surface area (Å²) in [4.78, 5) is 0. The molecular weight excluding hydrogens is 359 g/mol. The molecule has 110 valence electrons. The van der Waals surface area contributed by atoms with Crippen molar-refractivity contribution >= 4 is 27.5 Å².